The van der Waals surface area contributed by atoms with Crippen molar-refractivity contribution in [3.05, 3.63) is 34.9 Å². The molecule has 5 heteroatoms. The number of aliphatic carboxylic acids is 1. The summed E-state index contributed by atoms with van der Waals surface area (Å²) in [5, 5.41) is 12.8. The highest BCUT2D eigenvalue weighted by Gasteiger charge is 2.42. The van der Waals surface area contributed by atoms with E-state index in [0.29, 0.717) is 30.8 Å². The molecule has 2 rings (SSSR count). The van der Waals surface area contributed by atoms with Crippen LogP contribution in [0.1, 0.15) is 37.7 Å². The van der Waals surface area contributed by atoms with Crippen molar-refractivity contribution in [2.45, 2.75) is 38.5 Å². The maximum absolute atomic E-state index is 12.0. The average Bonchev–Trinajstić information content (AvgIpc) is 2.88. The highest BCUT2D eigenvalue weighted by Crippen LogP contribution is 2.41. The molecule has 4 nitrogen and oxygen atoms in total. The minimum Gasteiger partial charge on any atom is -0.481 e. The predicted octanol–water partition coefficient (Wildman–Crippen LogP) is 3.03. The van der Waals surface area contributed by atoms with Crippen LogP contribution in [0.5, 0.6) is 0 Å². The van der Waals surface area contributed by atoms with Gasteiger partial charge in [-0.05, 0) is 37.0 Å². The van der Waals surface area contributed by atoms with Crippen molar-refractivity contribution in [2.75, 3.05) is 6.54 Å². The Morgan fingerprint density at radius 3 is 2.62 bits per heavy atom. The number of carbonyl (C=O) groups is 2. The smallest absolute Gasteiger partial charge is 0.310 e. The lowest BCUT2D eigenvalue weighted by atomic mass is 9.82. The van der Waals surface area contributed by atoms with Crippen molar-refractivity contribution in [3.8, 4) is 0 Å². The lowest BCUT2D eigenvalue weighted by Crippen LogP contribution is -2.36. The summed E-state index contributed by atoms with van der Waals surface area (Å²) in [4.78, 5) is 23.4. The zero-order valence-corrected chi connectivity index (χ0v) is 12.7. The van der Waals surface area contributed by atoms with Crippen molar-refractivity contribution in [1.29, 1.82) is 0 Å². The molecule has 0 spiro atoms. The number of nitrogens with one attached hydrogen (secondary N) is 1. The zero-order chi connectivity index (χ0) is 15.3. The number of amides is 1. The van der Waals surface area contributed by atoms with Gasteiger partial charge >= 0.3 is 5.97 Å². The fourth-order valence-electron chi connectivity index (χ4n) is 2.93. The molecule has 0 bridgehead atoms. The number of hydrogen-bond donors (Lipinski definition) is 2. The van der Waals surface area contributed by atoms with Gasteiger partial charge in [0.15, 0.2) is 0 Å². The predicted molar refractivity (Wildman–Crippen MR) is 81.3 cm³/mol. The maximum Gasteiger partial charge on any atom is 0.310 e. The van der Waals surface area contributed by atoms with E-state index < -0.39 is 11.4 Å². The molecule has 0 aliphatic heterocycles. The van der Waals surface area contributed by atoms with E-state index in [1.807, 2.05) is 18.2 Å². The Balaban J connectivity index is 1.81. The second-order valence-corrected chi connectivity index (χ2v) is 6.14. The molecule has 1 saturated carbocycles. The van der Waals surface area contributed by atoms with Crippen LogP contribution in [0.15, 0.2) is 24.3 Å². The summed E-state index contributed by atoms with van der Waals surface area (Å²) in [5.41, 5.74) is 0.205. The van der Waals surface area contributed by atoms with Gasteiger partial charge in [-0.3, -0.25) is 9.59 Å². The van der Waals surface area contributed by atoms with Crippen LogP contribution in [0.25, 0.3) is 0 Å². The van der Waals surface area contributed by atoms with E-state index in [0.717, 1.165) is 18.4 Å². The number of rotatable bonds is 6. The van der Waals surface area contributed by atoms with Gasteiger partial charge < -0.3 is 10.4 Å². The first kappa shape index (κ1) is 15.8. The van der Waals surface area contributed by atoms with Crippen molar-refractivity contribution < 1.29 is 14.7 Å². The largest absolute Gasteiger partial charge is 0.481 e. The lowest BCUT2D eigenvalue weighted by molar-refractivity contribution is -0.151. The molecular weight excluding hydrogens is 290 g/mol. The molecule has 1 fully saturated rings. The first-order valence-electron chi connectivity index (χ1n) is 7.26. The molecule has 0 saturated heterocycles. The standard InChI is InChI=1S/C16H20ClNO3/c17-13-5-3-4-12(10-13)6-9-18-14(19)11-16(15(20)21)7-1-2-8-16/h3-5,10H,1-2,6-9,11H2,(H,18,19)(H,20,21). The molecule has 0 aromatic heterocycles. The topological polar surface area (TPSA) is 66.4 Å². The van der Waals surface area contributed by atoms with Crippen molar-refractivity contribution in [1.82, 2.24) is 5.32 Å². The molecule has 0 radical (unpaired) electrons. The van der Waals surface area contributed by atoms with Crippen LogP contribution in [0.2, 0.25) is 5.02 Å². The van der Waals surface area contributed by atoms with Gasteiger partial charge in [0.05, 0.1) is 5.41 Å². The quantitative estimate of drug-likeness (QED) is 0.849. The number of hydrogen-bond acceptors (Lipinski definition) is 2. The highest BCUT2D eigenvalue weighted by molar-refractivity contribution is 6.30. The fraction of sp³-hybridized carbons (Fsp3) is 0.500. The van der Waals surface area contributed by atoms with Crippen LogP contribution in [-0.2, 0) is 16.0 Å². The van der Waals surface area contributed by atoms with Crippen molar-refractivity contribution >= 4 is 23.5 Å². The van der Waals surface area contributed by atoms with Crippen LogP contribution in [0.4, 0.5) is 0 Å². The Kier molecular flexibility index (Phi) is 5.23. The number of carboxylic acid groups (broad SMARTS) is 1. The van der Waals surface area contributed by atoms with Gasteiger partial charge in [-0.15, -0.1) is 0 Å². The fourth-order valence-corrected chi connectivity index (χ4v) is 3.14. The Morgan fingerprint density at radius 1 is 1.29 bits per heavy atom. The van der Waals surface area contributed by atoms with Crippen LogP contribution in [0, 0.1) is 5.41 Å². The van der Waals surface area contributed by atoms with Crippen LogP contribution < -0.4 is 5.32 Å². The van der Waals surface area contributed by atoms with Gasteiger partial charge in [0.1, 0.15) is 0 Å². The molecule has 114 valence electrons. The summed E-state index contributed by atoms with van der Waals surface area (Å²) >= 11 is 5.90. The molecular formula is C16H20ClNO3. The van der Waals surface area contributed by atoms with Crippen molar-refractivity contribution in [2.24, 2.45) is 5.41 Å². The lowest BCUT2D eigenvalue weighted by Gasteiger charge is -2.22. The van der Waals surface area contributed by atoms with E-state index >= 15 is 0 Å². The molecule has 1 amide bonds. The number of carbonyl (C=O) groups excluding carboxylic acids is 1. The average molecular weight is 310 g/mol. The minimum atomic E-state index is -0.847. The van der Waals surface area contributed by atoms with E-state index in [2.05, 4.69) is 5.32 Å². The summed E-state index contributed by atoms with van der Waals surface area (Å²) in [6.07, 6.45) is 3.75. The SMILES string of the molecule is O=C(CC1(C(=O)O)CCCC1)NCCc1cccc(Cl)c1. The molecule has 1 aromatic rings. The van der Waals surface area contributed by atoms with Gasteiger partial charge in [0.2, 0.25) is 5.91 Å². The van der Waals surface area contributed by atoms with Crippen LogP contribution >= 0.6 is 11.6 Å². The molecule has 0 heterocycles. The van der Waals surface area contributed by atoms with E-state index in [1.165, 1.54) is 0 Å². The first-order valence-corrected chi connectivity index (χ1v) is 7.64. The molecule has 0 atom stereocenters. The normalized spacial score (nSPS) is 16.6. The highest BCUT2D eigenvalue weighted by atomic mass is 35.5. The molecule has 1 aliphatic carbocycles. The summed E-state index contributed by atoms with van der Waals surface area (Å²) in [7, 11) is 0. The Bertz CT molecular complexity index is 524. The van der Waals surface area contributed by atoms with E-state index in [1.54, 1.807) is 6.07 Å². The van der Waals surface area contributed by atoms with Gasteiger partial charge in [-0.25, -0.2) is 0 Å². The number of halogens is 1. The summed E-state index contributed by atoms with van der Waals surface area (Å²) in [5.74, 6) is -1.02. The molecule has 2 N–H and O–H groups in total. The first-order chi connectivity index (χ1) is 10.0. The van der Waals surface area contributed by atoms with Gasteiger partial charge in [0, 0.05) is 18.0 Å². The van der Waals surface area contributed by atoms with E-state index in [4.69, 9.17) is 11.6 Å². The van der Waals surface area contributed by atoms with E-state index in [-0.39, 0.29) is 12.3 Å². The third kappa shape index (κ3) is 4.21. The molecule has 1 aromatic carbocycles. The van der Waals surface area contributed by atoms with Crippen molar-refractivity contribution in [3.63, 3.8) is 0 Å². The zero-order valence-electron chi connectivity index (χ0n) is 11.9. The Hall–Kier alpha value is -1.55. The molecule has 1 aliphatic rings. The van der Waals surface area contributed by atoms with Gasteiger partial charge in [0.25, 0.3) is 0 Å². The van der Waals surface area contributed by atoms with Crippen LogP contribution in [0.3, 0.4) is 0 Å². The second-order valence-electron chi connectivity index (χ2n) is 5.70. The molecule has 0 unspecified atom stereocenters. The second kappa shape index (κ2) is 6.94. The number of benzene rings is 1. The van der Waals surface area contributed by atoms with E-state index in [9.17, 15) is 14.7 Å². The van der Waals surface area contributed by atoms with Gasteiger partial charge in [-0.2, -0.15) is 0 Å². The van der Waals surface area contributed by atoms with Crippen LogP contribution in [-0.4, -0.2) is 23.5 Å². The summed E-state index contributed by atoms with van der Waals surface area (Å²) in [6.45, 7) is 0.495. The molecule has 21 heavy (non-hydrogen) atoms. The minimum absolute atomic E-state index is 0.0812. The number of carboxylic acids is 1. The Labute approximate surface area is 129 Å². The summed E-state index contributed by atoms with van der Waals surface area (Å²) < 4.78 is 0. The Morgan fingerprint density at radius 2 is 2.00 bits per heavy atom. The third-order valence-electron chi connectivity index (χ3n) is 4.14. The monoisotopic (exact) mass is 309 g/mol. The maximum atomic E-state index is 12.0. The third-order valence-corrected chi connectivity index (χ3v) is 4.37. The van der Waals surface area contributed by atoms with Gasteiger partial charge in [-0.1, -0.05) is 36.6 Å². The summed E-state index contributed by atoms with van der Waals surface area (Å²) in [6, 6.07) is 7.49.